The van der Waals surface area contributed by atoms with Gasteiger partial charge in [-0.2, -0.15) is 11.8 Å². The molecule has 0 radical (unpaired) electrons. The molecule has 3 unspecified atom stereocenters. The topological polar surface area (TPSA) is 42.1 Å². The zero-order chi connectivity index (χ0) is 13.1. The van der Waals surface area contributed by atoms with Crippen LogP contribution in [0.2, 0.25) is 0 Å². The summed E-state index contributed by atoms with van der Waals surface area (Å²) in [4.78, 5) is 6.75. The predicted molar refractivity (Wildman–Crippen MR) is 81.8 cm³/mol. The standard InChI is InChI=1S/C13H20BrN3S/c1-9-7-17(8-10(2)18-9)13(4-15)11-3-12(14)6-16-5-11/h3,5-6,9-10,13H,4,7-8,15H2,1-2H3. The first-order valence-corrected chi connectivity index (χ1v) is 8.03. The van der Waals surface area contributed by atoms with Gasteiger partial charge >= 0.3 is 0 Å². The molecule has 1 aromatic rings. The largest absolute Gasteiger partial charge is 0.329 e. The highest BCUT2D eigenvalue weighted by atomic mass is 79.9. The number of halogens is 1. The van der Waals surface area contributed by atoms with E-state index < -0.39 is 0 Å². The molecule has 1 aliphatic heterocycles. The number of hydrogen-bond donors (Lipinski definition) is 1. The maximum Gasteiger partial charge on any atom is 0.0487 e. The van der Waals surface area contributed by atoms with Crippen LogP contribution in [0.4, 0.5) is 0 Å². The predicted octanol–water partition coefficient (Wildman–Crippen LogP) is 2.67. The number of aromatic nitrogens is 1. The number of hydrogen-bond acceptors (Lipinski definition) is 4. The van der Waals surface area contributed by atoms with Crippen LogP contribution in [0.1, 0.15) is 25.5 Å². The molecule has 0 bridgehead atoms. The minimum atomic E-state index is 0.279. The quantitative estimate of drug-likeness (QED) is 0.925. The molecule has 0 amide bonds. The van der Waals surface area contributed by atoms with Gasteiger partial charge in [0.15, 0.2) is 0 Å². The van der Waals surface area contributed by atoms with Gasteiger partial charge in [-0.1, -0.05) is 13.8 Å². The van der Waals surface area contributed by atoms with E-state index in [4.69, 9.17) is 5.73 Å². The molecule has 1 aliphatic rings. The Morgan fingerprint density at radius 3 is 2.67 bits per heavy atom. The first-order chi connectivity index (χ1) is 8.60. The van der Waals surface area contributed by atoms with Gasteiger partial charge in [0, 0.05) is 53.0 Å². The Bertz CT molecular complexity index is 392. The van der Waals surface area contributed by atoms with Gasteiger partial charge in [-0.05, 0) is 27.6 Å². The van der Waals surface area contributed by atoms with Crippen LogP contribution in [0.25, 0.3) is 0 Å². The smallest absolute Gasteiger partial charge is 0.0487 e. The van der Waals surface area contributed by atoms with Crippen LogP contribution in [0, 0.1) is 0 Å². The van der Waals surface area contributed by atoms with E-state index >= 15 is 0 Å². The molecule has 1 saturated heterocycles. The number of nitrogens with zero attached hydrogens (tertiary/aromatic N) is 2. The second kappa shape index (κ2) is 6.37. The summed E-state index contributed by atoms with van der Waals surface area (Å²) in [6.07, 6.45) is 3.74. The van der Waals surface area contributed by atoms with E-state index in [1.54, 1.807) is 0 Å². The van der Waals surface area contributed by atoms with Crippen molar-refractivity contribution in [2.24, 2.45) is 5.73 Å². The van der Waals surface area contributed by atoms with E-state index in [2.05, 4.69) is 57.5 Å². The highest BCUT2D eigenvalue weighted by Gasteiger charge is 2.28. The van der Waals surface area contributed by atoms with E-state index in [9.17, 15) is 0 Å². The van der Waals surface area contributed by atoms with Crippen molar-refractivity contribution in [2.45, 2.75) is 30.4 Å². The fraction of sp³-hybridized carbons (Fsp3) is 0.615. The third-order valence-corrected chi connectivity index (χ3v) is 4.88. The lowest BCUT2D eigenvalue weighted by Crippen LogP contribution is -2.44. The SMILES string of the molecule is CC1CN(C(CN)c2cncc(Br)c2)CC(C)S1. The molecule has 0 aliphatic carbocycles. The summed E-state index contributed by atoms with van der Waals surface area (Å²) in [5, 5.41) is 1.34. The van der Waals surface area contributed by atoms with Crippen molar-refractivity contribution in [2.75, 3.05) is 19.6 Å². The first kappa shape index (κ1) is 14.3. The number of nitrogens with two attached hydrogens (primary N) is 1. The lowest BCUT2D eigenvalue weighted by Gasteiger charge is -2.39. The zero-order valence-electron chi connectivity index (χ0n) is 10.8. The van der Waals surface area contributed by atoms with E-state index in [0.29, 0.717) is 17.0 Å². The van der Waals surface area contributed by atoms with Gasteiger partial charge in [0.05, 0.1) is 0 Å². The van der Waals surface area contributed by atoms with Crippen molar-refractivity contribution in [1.82, 2.24) is 9.88 Å². The summed E-state index contributed by atoms with van der Waals surface area (Å²) in [5.41, 5.74) is 7.19. The molecule has 0 spiro atoms. The maximum absolute atomic E-state index is 5.99. The van der Waals surface area contributed by atoms with Crippen molar-refractivity contribution in [3.05, 3.63) is 28.5 Å². The van der Waals surface area contributed by atoms with Crippen LogP contribution in [-0.4, -0.2) is 40.0 Å². The second-order valence-electron chi connectivity index (χ2n) is 4.90. The van der Waals surface area contributed by atoms with Gasteiger partial charge in [-0.3, -0.25) is 9.88 Å². The molecule has 2 N–H and O–H groups in total. The normalized spacial score (nSPS) is 27.1. The van der Waals surface area contributed by atoms with Crippen LogP contribution in [-0.2, 0) is 0 Å². The lowest BCUT2D eigenvalue weighted by molar-refractivity contribution is 0.199. The minimum absolute atomic E-state index is 0.279. The molecular weight excluding hydrogens is 310 g/mol. The summed E-state index contributed by atoms with van der Waals surface area (Å²) in [5.74, 6) is 0. The molecule has 5 heteroatoms. The summed E-state index contributed by atoms with van der Waals surface area (Å²) < 4.78 is 1.02. The van der Waals surface area contributed by atoms with Crippen molar-refractivity contribution in [1.29, 1.82) is 0 Å². The Balaban J connectivity index is 2.17. The Labute approximate surface area is 122 Å². The second-order valence-corrected chi connectivity index (χ2v) is 7.70. The van der Waals surface area contributed by atoms with Crippen molar-refractivity contribution in [3.8, 4) is 0 Å². The molecule has 1 fully saturated rings. The number of rotatable bonds is 3. The molecule has 3 atom stereocenters. The highest BCUT2D eigenvalue weighted by Crippen LogP contribution is 2.31. The average molecular weight is 330 g/mol. The fourth-order valence-electron chi connectivity index (χ4n) is 2.58. The highest BCUT2D eigenvalue weighted by molar-refractivity contribution is 9.10. The van der Waals surface area contributed by atoms with Gasteiger partial charge in [0.25, 0.3) is 0 Å². The molecular formula is C13H20BrN3S. The molecule has 1 aromatic heterocycles. The number of thioether (sulfide) groups is 1. The Hall–Kier alpha value is -0.100. The molecule has 0 saturated carbocycles. The Morgan fingerprint density at radius 1 is 1.44 bits per heavy atom. The molecule has 18 heavy (non-hydrogen) atoms. The van der Waals surface area contributed by atoms with Crippen LogP contribution < -0.4 is 5.73 Å². The van der Waals surface area contributed by atoms with E-state index in [0.717, 1.165) is 17.6 Å². The molecule has 2 heterocycles. The Morgan fingerprint density at radius 2 is 2.11 bits per heavy atom. The van der Waals surface area contributed by atoms with Crippen LogP contribution in [0.15, 0.2) is 22.9 Å². The minimum Gasteiger partial charge on any atom is -0.329 e. The monoisotopic (exact) mass is 329 g/mol. The van der Waals surface area contributed by atoms with E-state index in [1.165, 1.54) is 5.56 Å². The lowest BCUT2D eigenvalue weighted by atomic mass is 10.1. The van der Waals surface area contributed by atoms with Crippen molar-refractivity contribution < 1.29 is 0 Å². The van der Waals surface area contributed by atoms with Crippen LogP contribution in [0.3, 0.4) is 0 Å². The van der Waals surface area contributed by atoms with Crippen molar-refractivity contribution in [3.63, 3.8) is 0 Å². The average Bonchev–Trinajstić information content (AvgIpc) is 2.28. The number of pyridine rings is 1. The summed E-state index contributed by atoms with van der Waals surface area (Å²) in [7, 11) is 0. The van der Waals surface area contributed by atoms with E-state index in [-0.39, 0.29) is 6.04 Å². The van der Waals surface area contributed by atoms with Gasteiger partial charge < -0.3 is 5.73 Å². The van der Waals surface area contributed by atoms with Crippen molar-refractivity contribution >= 4 is 27.7 Å². The van der Waals surface area contributed by atoms with E-state index in [1.807, 2.05) is 12.4 Å². The Kier molecular flexibility index (Phi) is 5.06. The van der Waals surface area contributed by atoms with Crippen LogP contribution >= 0.6 is 27.7 Å². The zero-order valence-corrected chi connectivity index (χ0v) is 13.2. The van der Waals surface area contributed by atoms with Gasteiger partial charge in [0.1, 0.15) is 0 Å². The van der Waals surface area contributed by atoms with Gasteiger partial charge in [0.2, 0.25) is 0 Å². The third-order valence-electron chi connectivity index (χ3n) is 3.22. The summed E-state index contributed by atoms with van der Waals surface area (Å²) in [6.45, 7) is 7.43. The van der Waals surface area contributed by atoms with Crippen LogP contribution in [0.5, 0.6) is 0 Å². The van der Waals surface area contributed by atoms with Gasteiger partial charge in [-0.15, -0.1) is 0 Å². The molecule has 100 valence electrons. The third kappa shape index (κ3) is 3.47. The summed E-state index contributed by atoms with van der Waals surface area (Å²) in [6, 6.07) is 2.41. The summed E-state index contributed by atoms with van der Waals surface area (Å²) >= 11 is 5.55. The van der Waals surface area contributed by atoms with Gasteiger partial charge in [-0.25, -0.2) is 0 Å². The molecule has 2 rings (SSSR count). The maximum atomic E-state index is 5.99. The molecule has 3 nitrogen and oxygen atoms in total. The fourth-order valence-corrected chi connectivity index (χ4v) is 4.31. The molecule has 0 aromatic carbocycles. The first-order valence-electron chi connectivity index (χ1n) is 6.30.